The number of hydrogen-bond acceptors (Lipinski definition) is 1. The number of nitrogens with one attached hydrogen (secondary N) is 1. The lowest BCUT2D eigenvalue weighted by Crippen LogP contribution is -2.44. The highest BCUT2D eigenvalue weighted by atomic mass is 127. The van der Waals surface area contributed by atoms with Crippen molar-refractivity contribution in [3.8, 4) is 0 Å². The van der Waals surface area contributed by atoms with Crippen molar-refractivity contribution in [1.29, 1.82) is 0 Å². The molecule has 0 heterocycles. The molecule has 0 amide bonds. The summed E-state index contributed by atoms with van der Waals surface area (Å²) in [6, 6.07) is 8.98. The molecular formula is C17H28IN. The van der Waals surface area contributed by atoms with Crippen molar-refractivity contribution < 1.29 is 0 Å². The first-order valence-corrected chi connectivity index (χ1v) is 8.37. The number of rotatable bonds is 6. The number of halogens is 1. The zero-order chi connectivity index (χ0) is 14.5. The topological polar surface area (TPSA) is 12.0 Å². The van der Waals surface area contributed by atoms with Gasteiger partial charge in [0.1, 0.15) is 0 Å². The van der Waals surface area contributed by atoms with Crippen LogP contribution in [0.15, 0.2) is 24.3 Å². The van der Waals surface area contributed by atoms with Crippen LogP contribution in [-0.2, 0) is 6.42 Å². The summed E-state index contributed by atoms with van der Waals surface area (Å²) in [6.07, 6.45) is 3.61. The smallest absolute Gasteiger partial charge is 0.0130 e. The highest BCUT2D eigenvalue weighted by Gasteiger charge is 2.28. The summed E-state index contributed by atoms with van der Waals surface area (Å²) in [7, 11) is 0. The van der Waals surface area contributed by atoms with E-state index in [1.165, 1.54) is 28.4 Å². The van der Waals surface area contributed by atoms with Crippen LogP contribution in [0.2, 0.25) is 0 Å². The SMILES string of the molecule is CCC(CC)(CNC(C)(C)C)Cc1ccc(I)cc1. The maximum Gasteiger partial charge on any atom is 0.0130 e. The third-order valence-electron chi connectivity index (χ3n) is 3.99. The largest absolute Gasteiger partial charge is 0.312 e. The van der Waals surface area contributed by atoms with Crippen molar-refractivity contribution in [1.82, 2.24) is 5.32 Å². The van der Waals surface area contributed by atoms with E-state index >= 15 is 0 Å². The van der Waals surface area contributed by atoms with Crippen LogP contribution < -0.4 is 5.32 Å². The molecule has 1 aromatic carbocycles. The fraction of sp³-hybridized carbons (Fsp3) is 0.647. The van der Waals surface area contributed by atoms with E-state index in [0.717, 1.165) is 6.54 Å². The second-order valence-corrected chi connectivity index (χ2v) is 7.86. The summed E-state index contributed by atoms with van der Waals surface area (Å²) < 4.78 is 1.31. The molecule has 1 rings (SSSR count). The maximum absolute atomic E-state index is 3.69. The molecule has 0 atom stereocenters. The van der Waals surface area contributed by atoms with Gasteiger partial charge in [-0.25, -0.2) is 0 Å². The molecule has 1 N–H and O–H groups in total. The Morgan fingerprint density at radius 2 is 1.53 bits per heavy atom. The first-order chi connectivity index (χ1) is 8.80. The minimum absolute atomic E-state index is 0.196. The van der Waals surface area contributed by atoms with Gasteiger partial charge in [0, 0.05) is 15.7 Å². The Morgan fingerprint density at radius 1 is 1.00 bits per heavy atom. The molecule has 0 fully saturated rings. The van der Waals surface area contributed by atoms with Crippen LogP contribution in [0.5, 0.6) is 0 Å². The van der Waals surface area contributed by atoms with Crippen LogP contribution in [0.25, 0.3) is 0 Å². The lowest BCUT2D eigenvalue weighted by Gasteiger charge is -2.35. The summed E-state index contributed by atoms with van der Waals surface area (Å²) in [6.45, 7) is 12.5. The third-order valence-corrected chi connectivity index (χ3v) is 4.71. The van der Waals surface area contributed by atoms with Gasteiger partial charge in [0.05, 0.1) is 0 Å². The highest BCUT2D eigenvalue weighted by Crippen LogP contribution is 2.31. The van der Waals surface area contributed by atoms with Gasteiger partial charge in [-0.2, -0.15) is 0 Å². The van der Waals surface area contributed by atoms with Crippen molar-refractivity contribution in [2.24, 2.45) is 5.41 Å². The minimum atomic E-state index is 0.196. The van der Waals surface area contributed by atoms with Gasteiger partial charge in [0.2, 0.25) is 0 Å². The summed E-state index contributed by atoms with van der Waals surface area (Å²) in [5.74, 6) is 0. The van der Waals surface area contributed by atoms with Gasteiger partial charge in [-0.05, 0) is 85.7 Å². The van der Waals surface area contributed by atoms with Crippen LogP contribution in [-0.4, -0.2) is 12.1 Å². The quantitative estimate of drug-likeness (QED) is 0.690. The van der Waals surface area contributed by atoms with Gasteiger partial charge < -0.3 is 5.32 Å². The average molecular weight is 373 g/mol. The lowest BCUT2D eigenvalue weighted by atomic mass is 9.76. The predicted molar refractivity (Wildman–Crippen MR) is 93.6 cm³/mol. The van der Waals surface area contributed by atoms with E-state index in [0.29, 0.717) is 5.41 Å². The van der Waals surface area contributed by atoms with E-state index in [4.69, 9.17) is 0 Å². The molecular weight excluding hydrogens is 345 g/mol. The summed E-state index contributed by atoms with van der Waals surface area (Å²) in [5.41, 5.74) is 2.03. The molecule has 0 unspecified atom stereocenters. The molecule has 0 aliphatic heterocycles. The molecule has 1 aromatic rings. The van der Waals surface area contributed by atoms with Gasteiger partial charge in [-0.3, -0.25) is 0 Å². The molecule has 108 valence electrons. The second-order valence-electron chi connectivity index (χ2n) is 6.61. The Hall–Kier alpha value is -0.0900. The molecule has 0 aliphatic rings. The molecule has 1 nitrogen and oxygen atoms in total. The first-order valence-electron chi connectivity index (χ1n) is 7.30. The minimum Gasteiger partial charge on any atom is -0.312 e. The van der Waals surface area contributed by atoms with Crippen molar-refractivity contribution in [2.75, 3.05) is 6.54 Å². The van der Waals surface area contributed by atoms with E-state index in [1.807, 2.05) is 0 Å². The fourth-order valence-corrected chi connectivity index (χ4v) is 2.66. The van der Waals surface area contributed by atoms with Crippen molar-refractivity contribution in [2.45, 2.75) is 59.4 Å². The van der Waals surface area contributed by atoms with E-state index < -0.39 is 0 Å². The van der Waals surface area contributed by atoms with Gasteiger partial charge in [-0.15, -0.1) is 0 Å². The van der Waals surface area contributed by atoms with Gasteiger partial charge >= 0.3 is 0 Å². The van der Waals surface area contributed by atoms with E-state index in [-0.39, 0.29) is 5.54 Å². The molecule has 0 spiro atoms. The molecule has 0 aliphatic carbocycles. The van der Waals surface area contributed by atoms with Crippen molar-refractivity contribution in [3.63, 3.8) is 0 Å². The Bertz CT molecular complexity index is 371. The van der Waals surface area contributed by atoms with Gasteiger partial charge in [0.15, 0.2) is 0 Å². The predicted octanol–water partition coefficient (Wildman–Crippen LogP) is 5.03. The first kappa shape index (κ1) is 17.0. The lowest BCUT2D eigenvalue weighted by molar-refractivity contribution is 0.220. The second kappa shape index (κ2) is 7.07. The number of hydrogen-bond donors (Lipinski definition) is 1. The molecule has 0 radical (unpaired) electrons. The molecule has 0 aromatic heterocycles. The summed E-state index contributed by atoms with van der Waals surface area (Å²) >= 11 is 2.37. The monoisotopic (exact) mass is 373 g/mol. The van der Waals surface area contributed by atoms with E-state index in [1.54, 1.807) is 0 Å². The van der Waals surface area contributed by atoms with Crippen molar-refractivity contribution >= 4 is 22.6 Å². The van der Waals surface area contributed by atoms with Crippen LogP contribution in [0.4, 0.5) is 0 Å². The molecule has 19 heavy (non-hydrogen) atoms. The van der Waals surface area contributed by atoms with Crippen molar-refractivity contribution in [3.05, 3.63) is 33.4 Å². The Balaban J connectivity index is 2.78. The third kappa shape index (κ3) is 5.82. The Labute approximate surface area is 132 Å². The highest BCUT2D eigenvalue weighted by molar-refractivity contribution is 14.1. The Morgan fingerprint density at radius 3 is 1.95 bits per heavy atom. The normalized spacial score (nSPS) is 12.7. The molecule has 0 bridgehead atoms. The molecule has 0 saturated carbocycles. The van der Waals surface area contributed by atoms with Crippen LogP contribution >= 0.6 is 22.6 Å². The van der Waals surface area contributed by atoms with Gasteiger partial charge in [-0.1, -0.05) is 26.0 Å². The van der Waals surface area contributed by atoms with Gasteiger partial charge in [0.25, 0.3) is 0 Å². The Kier molecular flexibility index (Phi) is 6.31. The average Bonchev–Trinajstić information content (AvgIpc) is 2.36. The molecule has 0 saturated heterocycles. The molecule has 2 heteroatoms. The summed E-state index contributed by atoms with van der Waals surface area (Å²) in [4.78, 5) is 0. The van der Waals surface area contributed by atoms with E-state index in [9.17, 15) is 0 Å². The fourth-order valence-electron chi connectivity index (χ4n) is 2.30. The standard InChI is InChI=1S/C17H28IN/c1-6-17(7-2,13-19-16(3,4)5)12-14-8-10-15(18)11-9-14/h8-11,19H,6-7,12-13H2,1-5H3. The number of benzene rings is 1. The van der Waals surface area contributed by atoms with Crippen LogP contribution in [0.1, 0.15) is 53.0 Å². The zero-order valence-corrected chi connectivity index (χ0v) is 15.2. The maximum atomic E-state index is 3.69. The van der Waals surface area contributed by atoms with Crippen LogP contribution in [0, 0.1) is 8.99 Å². The zero-order valence-electron chi connectivity index (χ0n) is 13.0. The summed E-state index contributed by atoms with van der Waals surface area (Å²) in [5, 5.41) is 3.69. The van der Waals surface area contributed by atoms with E-state index in [2.05, 4.69) is 86.8 Å². The van der Waals surface area contributed by atoms with Crippen LogP contribution in [0.3, 0.4) is 0 Å².